The van der Waals surface area contributed by atoms with Crippen LogP contribution in [0.2, 0.25) is 0 Å². The number of carbonyl (C=O) groups excluding carboxylic acids is 1. The predicted octanol–water partition coefficient (Wildman–Crippen LogP) is 4.41. The summed E-state index contributed by atoms with van der Waals surface area (Å²) in [5.74, 6) is 0.331. The molecule has 2 heterocycles. The third kappa shape index (κ3) is 5.02. The van der Waals surface area contributed by atoms with E-state index < -0.39 is 0 Å². The molecule has 0 spiro atoms. The van der Waals surface area contributed by atoms with E-state index in [1.165, 1.54) is 18.2 Å². The largest absolute Gasteiger partial charge is 0.341 e. The minimum absolute atomic E-state index is 0.0908. The second-order valence-corrected chi connectivity index (χ2v) is 8.36. The lowest BCUT2D eigenvalue weighted by Crippen LogP contribution is -2.48. The van der Waals surface area contributed by atoms with Crippen molar-refractivity contribution in [2.24, 2.45) is 5.92 Å². The van der Waals surface area contributed by atoms with E-state index in [0.29, 0.717) is 12.5 Å². The van der Waals surface area contributed by atoms with Gasteiger partial charge < -0.3 is 4.90 Å². The molecule has 2 saturated heterocycles. The topological polar surface area (TPSA) is 23.6 Å². The molecule has 0 radical (unpaired) electrons. The number of amides is 1. The van der Waals surface area contributed by atoms with Crippen LogP contribution in [0.3, 0.4) is 0 Å². The Morgan fingerprint density at radius 1 is 0.897 bits per heavy atom. The monoisotopic (exact) mass is 398 g/mol. The molecule has 0 saturated carbocycles. The SMILES string of the molecule is O=C([C@@H]1CCCN1Cc1cccc(F)c1)N1CCC(Cc2ccc(F)cc2)CC1. The van der Waals surface area contributed by atoms with E-state index in [9.17, 15) is 13.6 Å². The maximum Gasteiger partial charge on any atom is 0.239 e. The minimum atomic E-state index is -0.229. The maximum absolute atomic E-state index is 13.5. The highest BCUT2D eigenvalue weighted by atomic mass is 19.1. The van der Waals surface area contributed by atoms with Crippen LogP contribution in [0.25, 0.3) is 0 Å². The standard InChI is InChI=1S/C24H28F2N2O/c25-21-8-6-18(7-9-21)15-19-10-13-27(14-11-19)24(29)23-5-2-12-28(23)17-20-3-1-4-22(26)16-20/h1,3-4,6-9,16,19,23H,2,5,10-15,17H2/t23-/m0/s1. The number of benzene rings is 2. The summed E-state index contributed by atoms with van der Waals surface area (Å²) in [5, 5.41) is 0. The third-order valence-electron chi connectivity index (χ3n) is 6.29. The molecule has 0 unspecified atom stereocenters. The second-order valence-electron chi connectivity index (χ2n) is 8.36. The average molecular weight is 398 g/mol. The number of nitrogens with zero attached hydrogens (tertiary/aromatic N) is 2. The van der Waals surface area contributed by atoms with E-state index in [0.717, 1.165) is 62.9 Å². The van der Waals surface area contributed by atoms with E-state index >= 15 is 0 Å². The van der Waals surface area contributed by atoms with Crippen molar-refractivity contribution in [1.82, 2.24) is 9.80 Å². The van der Waals surface area contributed by atoms with Gasteiger partial charge in [0.25, 0.3) is 0 Å². The van der Waals surface area contributed by atoms with E-state index in [-0.39, 0.29) is 23.6 Å². The molecular weight excluding hydrogens is 370 g/mol. The molecular formula is C24H28F2N2O. The fraction of sp³-hybridized carbons (Fsp3) is 0.458. The number of likely N-dealkylation sites (tertiary alicyclic amines) is 2. The molecule has 0 aromatic heterocycles. The molecule has 0 bridgehead atoms. The van der Waals surface area contributed by atoms with Crippen molar-refractivity contribution in [3.63, 3.8) is 0 Å². The number of carbonyl (C=O) groups is 1. The number of hydrogen-bond acceptors (Lipinski definition) is 2. The lowest BCUT2D eigenvalue weighted by Gasteiger charge is -2.35. The summed E-state index contributed by atoms with van der Waals surface area (Å²) in [7, 11) is 0. The summed E-state index contributed by atoms with van der Waals surface area (Å²) in [6, 6.07) is 13.3. The van der Waals surface area contributed by atoms with Gasteiger partial charge in [0.1, 0.15) is 11.6 Å². The molecule has 2 aromatic carbocycles. The Bertz CT molecular complexity index is 831. The van der Waals surface area contributed by atoms with Gasteiger partial charge in [-0.15, -0.1) is 0 Å². The molecule has 2 aliphatic heterocycles. The van der Waals surface area contributed by atoms with Crippen LogP contribution in [-0.4, -0.2) is 41.4 Å². The summed E-state index contributed by atoms with van der Waals surface area (Å²) in [4.78, 5) is 17.3. The first kappa shape index (κ1) is 20.0. The quantitative estimate of drug-likeness (QED) is 0.745. The number of piperidine rings is 1. The minimum Gasteiger partial charge on any atom is -0.341 e. The van der Waals surface area contributed by atoms with Gasteiger partial charge in [-0.05, 0) is 80.0 Å². The highest BCUT2D eigenvalue weighted by molar-refractivity contribution is 5.82. The van der Waals surface area contributed by atoms with Crippen molar-refractivity contribution in [3.8, 4) is 0 Å². The second kappa shape index (κ2) is 9.04. The Labute approximate surface area is 171 Å². The zero-order valence-corrected chi connectivity index (χ0v) is 16.7. The first-order chi connectivity index (χ1) is 14.1. The molecule has 0 N–H and O–H groups in total. The highest BCUT2D eigenvalue weighted by Crippen LogP contribution is 2.26. The summed E-state index contributed by atoms with van der Waals surface area (Å²) >= 11 is 0. The van der Waals surface area contributed by atoms with Gasteiger partial charge in [-0.25, -0.2) is 8.78 Å². The number of halogens is 2. The zero-order chi connectivity index (χ0) is 20.2. The van der Waals surface area contributed by atoms with Gasteiger partial charge >= 0.3 is 0 Å². The van der Waals surface area contributed by atoms with E-state index in [2.05, 4.69) is 4.90 Å². The molecule has 154 valence electrons. The summed E-state index contributed by atoms with van der Waals surface area (Å²) in [5.41, 5.74) is 2.08. The lowest BCUT2D eigenvalue weighted by atomic mass is 9.90. The lowest BCUT2D eigenvalue weighted by molar-refractivity contribution is -0.137. The Hall–Kier alpha value is -2.27. The van der Waals surface area contributed by atoms with Crippen molar-refractivity contribution >= 4 is 5.91 Å². The third-order valence-corrected chi connectivity index (χ3v) is 6.29. The van der Waals surface area contributed by atoms with Crippen molar-refractivity contribution in [1.29, 1.82) is 0 Å². The Balaban J connectivity index is 1.31. The number of hydrogen-bond donors (Lipinski definition) is 0. The Morgan fingerprint density at radius 3 is 2.38 bits per heavy atom. The van der Waals surface area contributed by atoms with Crippen molar-refractivity contribution < 1.29 is 13.6 Å². The molecule has 1 amide bonds. The van der Waals surface area contributed by atoms with Gasteiger partial charge in [-0.3, -0.25) is 9.69 Å². The smallest absolute Gasteiger partial charge is 0.239 e. The highest BCUT2D eigenvalue weighted by Gasteiger charge is 2.35. The first-order valence-electron chi connectivity index (χ1n) is 10.6. The fourth-order valence-electron chi connectivity index (χ4n) is 4.69. The van der Waals surface area contributed by atoms with Crippen molar-refractivity contribution in [2.75, 3.05) is 19.6 Å². The first-order valence-corrected chi connectivity index (χ1v) is 10.6. The van der Waals surface area contributed by atoms with Crippen LogP contribution >= 0.6 is 0 Å². The van der Waals surface area contributed by atoms with Gasteiger partial charge in [0.2, 0.25) is 5.91 Å². The van der Waals surface area contributed by atoms with Gasteiger partial charge in [0.15, 0.2) is 0 Å². The van der Waals surface area contributed by atoms with Gasteiger partial charge in [-0.1, -0.05) is 24.3 Å². The van der Waals surface area contributed by atoms with E-state index in [1.807, 2.05) is 23.1 Å². The average Bonchev–Trinajstić information content (AvgIpc) is 3.18. The molecule has 0 aliphatic carbocycles. The van der Waals surface area contributed by atoms with Crippen LogP contribution in [0, 0.1) is 17.6 Å². The van der Waals surface area contributed by atoms with Crippen molar-refractivity contribution in [3.05, 3.63) is 71.3 Å². The van der Waals surface area contributed by atoms with Crippen LogP contribution in [0.1, 0.15) is 36.8 Å². The summed E-state index contributed by atoms with van der Waals surface area (Å²) in [6.45, 7) is 3.08. The molecule has 2 fully saturated rings. The van der Waals surface area contributed by atoms with Gasteiger partial charge in [0, 0.05) is 19.6 Å². The number of rotatable bonds is 5. The normalized spacial score (nSPS) is 20.9. The Kier molecular flexibility index (Phi) is 6.24. The van der Waals surface area contributed by atoms with Crippen LogP contribution < -0.4 is 0 Å². The van der Waals surface area contributed by atoms with E-state index in [4.69, 9.17) is 0 Å². The maximum atomic E-state index is 13.5. The van der Waals surface area contributed by atoms with Crippen LogP contribution in [0.5, 0.6) is 0 Å². The van der Waals surface area contributed by atoms with Crippen LogP contribution in [-0.2, 0) is 17.8 Å². The molecule has 4 rings (SSSR count). The fourth-order valence-corrected chi connectivity index (χ4v) is 4.69. The van der Waals surface area contributed by atoms with Gasteiger partial charge in [0.05, 0.1) is 6.04 Å². The Morgan fingerprint density at radius 2 is 1.66 bits per heavy atom. The summed E-state index contributed by atoms with van der Waals surface area (Å²) < 4.78 is 26.6. The molecule has 29 heavy (non-hydrogen) atoms. The van der Waals surface area contributed by atoms with Crippen LogP contribution in [0.4, 0.5) is 8.78 Å². The summed E-state index contributed by atoms with van der Waals surface area (Å²) in [6.07, 6.45) is 4.80. The molecule has 1 atom stereocenters. The molecule has 2 aromatic rings. The van der Waals surface area contributed by atoms with Gasteiger partial charge in [-0.2, -0.15) is 0 Å². The van der Waals surface area contributed by atoms with Crippen molar-refractivity contribution in [2.45, 2.75) is 44.7 Å². The molecule has 5 heteroatoms. The molecule has 3 nitrogen and oxygen atoms in total. The van der Waals surface area contributed by atoms with Crippen LogP contribution in [0.15, 0.2) is 48.5 Å². The molecule has 2 aliphatic rings. The predicted molar refractivity (Wildman–Crippen MR) is 109 cm³/mol. The zero-order valence-electron chi connectivity index (χ0n) is 16.7. The van der Waals surface area contributed by atoms with E-state index in [1.54, 1.807) is 12.1 Å².